The minimum Gasteiger partial charge on any atom is -0.444 e. The third-order valence-electron chi connectivity index (χ3n) is 3.54. The molecular formula is C15H30N2O2. The molecule has 0 spiro atoms. The first-order valence-electron chi connectivity index (χ1n) is 7.57. The molecule has 1 rings (SSSR count). The first-order chi connectivity index (χ1) is 8.81. The van der Waals surface area contributed by atoms with E-state index < -0.39 is 5.60 Å². The number of hydrogen-bond donors (Lipinski definition) is 2. The van der Waals surface area contributed by atoms with Gasteiger partial charge in [0.05, 0.1) is 0 Å². The third kappa shape index (κ3) is 6.28. The van der Waals surface area contributed by atoms with E-state index in [0.717, 1.165) is 12.8 Å². The van der Waals surface area contributed by atoms with Crippen molar-refractivity contribution in [3.63, 3.8) is 0 Å². The minimum atomic E-state index is -0.431. The van der Waals surface area contributed by atoms with E-state index in [0.29, 0.717) is 12.1 Å². The van der Waals surface area contributed by atoms with Crippen LogP contribution in [-0.4, -0.2) is 29.8 Å². The van der Waals surface area contributed by atoms with Crippen LogP contribution in [0.2, 0.25) is 0 Å². The van der Waals surface area contributed by atoms with Crippen molar-refractivity contribution >= 4 is 6.09 Å². The summed E-state index contributed by atoms with van der Waals surface area (Å²) >= 11 is 0. The highest BCUT2D eigenvalue weighted by Crippen LogP contribution is 2.18. The van der Waals surface area contributed by atoms with Gasteiger partial charge in [-0.15, -0.1) is 0 Å². The Morgan fingerprint density at radius 1 is 1.37 bits per heavy atom. The summed E-state index contributed by atoms with van der Waals surface area (Å²) in [6.45, 7) is 10.0. The molecule has 4 nitrogen and oxygen atoms in total. The molecule has 0 aromatic heterocycles. The molecule has 4 heteroatoms. The van der Waals surface area contributed by atoms with Gasteiger partial charge in [0.2, 0.25) is 0 Å². The van der Waals surface area contributed by atoms with Crippen LogP contribution in [0.15, 0.2) is 0 Å². The van der Waals surface area contributed by atoms with E-state index in [1.807, 2.05) is 20.8 Å². The van der Waals surface area contributed by atoms with E-state index in [9.17, 15) is 4.79 Å². The second kappa shape index (κ2) is 7.13. The summed E-state index contributed by atoms with van der Waals surface area (Å²) in [5.74, 6) is 0. The minimum absolute atomic E-state index is 0.174. The van der Waals surface area contributed by atoms with Crippen molar-refractivity contribution in [2.75, 3.05) is 0 Å². The molecule has 1 amide bonds. The lowest BCUT2D eigenvalue weighted by atomic mass is 9.92. The van der Waals surface area contributed by atoms with Crippen LogP contribution < -0.4 is 10.6 Å². The molecule has 0 aromatic carbocycles. The van der Waals surface area contributed by atoms with Gasteiger partial charge in [-0.2, -0.15) is 0 Å². The molecule has 0 bridgehead atoms. The van der Waals surface area contributed by atoms with Crippen molar-refractivity contribution in [1.29, 1.82) is 0 Å². The van der Waals surface area contributed by atoms with E-state index in [1.165, 1.54) is 19.3 Å². The second-order valence-electron chi connectivity index (χ2n) is 6.62. The van der Waals surface area contributed by atoms with E-state index in [-0.39, 0.29) is 12.1 Å². The Balaban J connectivity index is 2.35. The van der Waals surface area contributed by atoms with Gasteiger partial charge in [-0.05, 0) is 47.0 Å². The predicted molar refractivity (Wildman–Crippen MR) is 78.3 cm³/mol. The molecule has 1 fully saturated rings. The molecule has 1 aliphatic heterocycles. The van der Waals surface area contributed by atoms with Gasteiger partial charge in [0, 0.05) is 18.1 Å². The zero-order chi connectivity index (χ0) is 14.5. The normalized spacial score (nSPS) is 27.9. The summed E-state index contributed by atoms with van der Waals surface area (Å²) in [6.07, 6.45) is 5.60. The molecule has 3 unspecified atom stereocenters. The highest BCUT2D eigenvalue weighted by molar-refractivity contribution is 5.68. The van der Waals surface area contributed by atoms with Gasteiger partial charge in [0.15, 0.2) is 0 Å². The number of amides is 1. The maximum Gasteiger partial charge on any atom is 0.407 e. The lowest BCUT2D eigenvalue weighted by Crippen LogP contribution is -2.56. The molecule has 0 saturated carbocycles. The van der Waals surface area contributed by atoms with Crippen molar-refractivity contribution in [3.8, 4) is 0 Å². The van der Waals surface area contributed by atoms with E-state index >= 15 is 0 Å². The molecule has 2 N–H and O–H groups in total. The molecule has 112 valence electrons. The fraction of sp³-hybridized carbons (Fsp3) is 0.933. The van der Waals surface area contributed by atoms with Gasteiger partial charge in [-0.25, -0.2) is 4.79 Å². The van der Waals surface area contributed by atoms with Crippen molar-refractivity contribution in [1.82, 2.24) is 10.6 Å². The number of piperidine rings is 1. The van der Waals surface area contributed by atoms with Crippen molar-refractivity contribution < 1.29 is 9.53 Å². The Hall–Kier alpha value is -0.770. The Labute approximate surface area is 117 Å². The predicted octanol–water partition coefficient (Wildman–Crippen LogP) is 3.21. The summed E-state index contributed by atoms with van der Waals surface area (Å²) in [4.78, 5) is 11.8. The van der Waals surface area contributed by atoms with Crippen LogP contribution in [0.4, 0.5) is 4.79 Å². The van der Waals surface area contributed by atoms with Crippen molar-refractivity contribution in [2.24, 2.45) is 0 Å². The standard InChI is InChI=1S/C15H30N2O2/c1-6-7-8-12-9-10-13(11(2)16-12)17-14(18)19-15(3,4)5/h11-13,16H,6-10H2,1-5H3,(H,17,18). The van der Waals surface area contributed by atoms with Gasteiger partial charge in [-0.1, -0.05) is 19.8 Å². The smallest absolute Gasteiger partial charge is 0.407 e. The van der Waals surface area contributed by atoms with Crippen LogP contribution >= 0.6 is 0 Å². The number of alkyl carbamates (subject to hydrolysis) is 1. The van der Waals surface area contributed by atoms with Gasteiger partial charge in [-0.3, -0.25) is 0 Å². The van der Waals surface area contributed by atoms with E-state index in [2.05, 4.69) is 24.5 Å². The van der Waals surface area contributed by atoms with Gasteiger partial charge in [0.25, 0.3) is 0 Å². The SMILES string of the molecule is CCCCC1CCC(NC(=O)OC(C)(C)C)C(C)N1. The van der Waals surface area contributed by atoms with Crippen LogP contribution in [0, 0.1) is 0 Å². The number of ether oxygens (including phenoxy) is 1. The summed E-state index contributed by atoms with van der Waals surface area (Å²) in [5.41, 5.74) is -0.431. The molecule has 1 aliphatic rings. The topological polar surface area (TPSA) is 50.4 Å². The molecule has 0 aliphatic carbocycles. The highest BCUT2D eigenvalue weighted by Gasteiger charge is 2.28. The molecule has 0 aromatic rings. The van der Waals surface area contributed by atoms with Gasteiger partial charge < -0.3 is 15.4 Å². The lowest BCUT2D eigenvalue weighted by molar-refractivity contribution is 0.0477. The largest absolute Gasteiger partial charge is 0.444 e. The summed E-state index contributed by atoms with van der Waals surface area (Å²) in [6, 6.07) is 1.09. The van der Waals surface area contributed by atoms with Gasteiger partial charge in [0.1, 0.15) is 5.60 Å². The number of unbranched alkanes of at least 4 members (excludes halogenated alkanes) is 1. The van der Waals surface area contributed by atoms with E-state index in [4.69, 9.17) is 4.74 Å². The average molecular weight is 270 g/mol. The summed E-state index contributed by atoms with van der Waals surface area (Å²) in [5, 5.41) is 6.58. The number of hydrogen-bond acceptors (Lipinski definition) is 3. The zero-order valence-electron chi connectivity index (χ0n) is 13.1. The maximum absolute atomic E-state index is 11.8. The fourth-order valence-electron chi connectivity index (χ4n) is 2.54. The monoisotopic (exact) mass is 270 g/mol. The van der Waals surface area contributed by atoms with Crippen LogP contribution in [0.1, 0.15) is 66.7 Å². The van der Waals surface area contributed by atoms with Crippen molar-refractivity contribution in [2.45, 2.75) is 90.4 Å². The lowest BCUT2D eigenvalue weighted by Gasteiger charge is -2.36. The van der Waals surface area contributed by atoms with Crippen LogP contribution in [0.5, 0.6) is 0 Å². The molecule has 19 heavy (non-hydrogen) atoms. The first-order valence-corrected chi connectivity index (χ1v) is 7.57. The summed E-state index contributed by atoms with van der Waals surface area (Å²) < 4.78 is 5.30. The summed E-state index contributed by atoms with van der Waals surface area (Å²) in [7, 11) is 0. The Morgan fingerprint density at radius 3 is 2.58 bits per heavy atom. The molecule has 3 atom stereocenters. The first kappa shape index (κ1) is 16.3. The quantitative estimate of drug-likeness (QED) is 0.824. The molecule has 1 saturated heterocycles. The fourth-order valence-corrected chi connectivity index (χ4v) is 2.54. The number of carbonyl (C=O) groups is 1. The average Bonchev–Trinajstić information content (AvgIpc) is 2.27. The number of nitrogens with one attached hydrogen (secondary N) is 2. The highest BCUT2D eigenvalue weighted by atomic mass is 16.6. The third-order valence-corrected chi connectivity index (χ3v) is 3.54. The zero-order valence-corrected chi connectivity index (χ0v) is 13.1. The Morgan fingerprint density at radius 2 is 2.05 bits per heavy atom. The molecular weight excluding hydrogens is 240 g/mol. The van der Waals surface area contributed by atoms with E-state index in [1.54, 1.807) is 0 Å². The van der Waals surface area contributed by atoms with Crippen molar-refractivity contribution in [3.05, 3.63) is 0 Å². The van der Waals surface area contributed by atoms with Crippen LogP contribution in [0.25, 0.3) is 0 Å². The Kier molecular flexibility index (Phi) is 6.11. The number of carbonyl (C=O) groups excluding carboxylic acids is 1. The number of rotatable bonds is 4. The van der Waals surface area contributed by atoms with Gasteiger partial charge >= 0.3 is 6.09 Å². The molecule has 0 radical (unpaired) electrons. The second-order valence-corrected chi connectivity index (χ2v) is 6.62. The Bertz CT molecular complexity index is 286. The maximum atomic E-state index is 11.8. The van der Waals surface area contributed by atoms with Crippen LogP contribution in [-0.2, 0) is 4.74 Å². The van der Waals surface area contributed by atoms with Crippen LogP contribution in [0.3, 0.4) is 0 Å². The molecule has 1 heterocycles.